The molecule has 8 aromatic rings. The molecular formula is C56H37NO. The zero-order valence-electron chi connectivity index (χ0n) is 32.0. The van der Waals surface area contributed by atoms with Gasteiger partial charge in [-0.3, -0.25) is 0 Å². The maximum atomic E-state index is 6.52. The Kier molecular flexibility index (Phi) is 7.09. The van der Waals surface area contributed by atoms with E-state index in [4.69, 9.17) is 4.42 Å². The highest BCUT2D eigenvalue weighted by Gasteiger charge is 2.50. The lowest BCUT2D eigenvalue weighted by molar-refractivity contribution is 0.669. The molecule has 0 saturated carbocycles. The Morgan fingerprint density at radius 3 is 1.88 bits per heavy atom. The molecule has 1 unspecified atom stereocenters. The molecule has 0 radical (unpaired) electrons. The van der Waals surface area contributed by atoms with Gasteiger partial charge in [-0.25, -0.2) is 0 Å². The lowest BCUT2D eigenvalue weighted by atomic mass is 9.63. The standard InChI is InChI=1S/C56H37NO/c1-36-16-13-28-50(54(36)46-25-14-30-52-55(46)45-24-10-12-29-51(45)58-52)57(49-27-11-9-23-42(49)37-17-3-2-4-18-37)53-32-31-44-41-22-8-6-20-39(41)35-48(44)56(53)33-15-26-43-40-21-7-5-19-38(40)34-47(43)56/h2-35H,1H3. The van der Waals surface area contributed by atoms with Gasteiger partial charge in [0.25, 0.3) is 0 Å². The van der Waals surface area contributed by atoms with Gasteiger partial charge in [-0.1, -0.05) is 164 Å². The molecule has 58 heavy (non-hydrogen) atoms. The van der Waals surface area contributed by atoms with Crippen molar-refractivity contribution in [3.63, 3.8) is 0 Å². The molecule has 0 bridgehead atoms. The largest absolute Gasteiger partial charge is 0.456 e. The molecule has 0 saturated heterocycles. The van der Waals surface area contributed by atoms with Crippen LogP contribution in [0.5, 0.6) is 0 Å². The summed E-state index contributed by atoms with van der Waals surface area (Å²) in [5.41, 5.74) is 20.6. The first kappa shape index (κ1) is 32.8. The molecule has 1 atom stereocenters. The van der Waals surface area contributed by atoms with Gasteiger partial charge in [0.15, 0.2) is 0 Å². The topological polar surface area (TPSA) is 16.4 Å². The second-order valence-electron chi connectivity index (χ2n) is 15.6. The number of rotatable bonds is 5. The van der Waals surface area contributed by atoms with Crippen LogP contribution in [0.4, 0.5) is 11.4 Å². The monoisotopic (exact) mass is 739 g/mol. The van der Waals surface area contributed by atoms with Gasteiger partial charge in [0, 0.05) is 27.6 Å². The molecule has 12 rings (SSSR count). The van der Waals surface area contributed by atoms with Gasteiger partial charge < -0.3 is 9.32 Å². The molecular weight excluding hydrogens is 703 g/mol. The molecule has 1 heterocycles. The molecule has 0 fully saturated rings. The second kappa shape index (κ2) is 12.5. The van der Waals surface area contributed by atoms with E-state index in [1.54, 1.807) is 0 Å². The van der Waals surface area contributed by atoms with E-state index in [1.807, 2.05) is 0 Å². The van der Waals surface area contributed by atoms with E-state index >= 15 is 0 Å². The fraction of sp³-hybridized carbons (Fsp3) is 0.0357. The lowest BCUT2D eigenvalue weighted by Crippen LogP contribution is -2.37. The molecule has 4 aliphatic carbocycles. The predicted molar refractivity (Wildman–Crippen MR) is 242 cm³/mol. The predicted octanol–water partition coefficient (Wildman–Crippen LogP) is 14.8. The van der Waals surface area contributed by atoms with E-state index in [2.05, 4.69) is 218 Å². The molecule has 2 nitrogen and oxygen atoms in total. The van der Waals surface area contributed by atoms with Crippen molar-refractivity contribution in [3.8, 4) is 22.3 Å². The lowest BCUT2D eigenvalue weighted by Gasteiger charge is -2.47. The number of hydrogen-bond donors (Lipinski definition) is 0. The third kappa shape index (κ3) is 4.60. The number of hydrogen-bond acceptors (Lipinski definition) is 2. The molecule has 0 N–H and O–H groups in total. The first-order valence-corrected chi connectivity index (χ1v) is 20.1. The minimum absolute atomic E-state index is 0.634. The zero-order chi connectivity index (χ0) is 38.4. The molecule has 4 aliphatic rings. The first-order valence-electron chi connectivity index (χ1n) is 20.1. The maximum absolute atomic E-state index is 6.52. The van der Waals surface area contributed by atoms with E-state index in [-0.39, 0.29) is 0 Å². The Balaban J connectivity index is 1.20. The quantitative estimate of drug-likeness (QED) is 0.175. The maximum Gasteiger partial charge on any atom is 0.136 e. The zero-order valence-corrected chi connectivity index (χ0v) is 32.0. The SMILES string of the molecule is Cc1cccc(N(C2=CC=C3C(=Cc4ccccc43)C23C=CC=C2C3=Cc3ccccc32)c2ccccc2-c2ccccc2)c1-c1cccc2oc3ccccc3c12. The van der Waals surface area contributed by atoms with Crippen molar-refractivity contribution in [1.82, 2.24) is 0 Å². The second-order valence-corrected chi connectivity index (χ2v) is 15.6. The van der Waals surface area contributed by atoms with Crippen LogP contribution in [0.2, 0.25) is 0 Å². The van der Waals surface area contributed by atoms with Crippen LogP contribution in [0.15, 0.2) is 215 Å². The summed E-state index contributed by atoms with van der Waals surface area (Å²) in [5.74, 6) is 0. The van der Waals surface area contributed by atoms with E-state index in [0.717, 1.165) is 44.4 Å². The smallest absolute Gasteiger partial charge is 0.136 e. The van der Waals surface area contributed by atoms with Crippen molar-refractivity contribution in [3.05, 3.63) is 239 Å². The number of allylic oxidation sites excluding steroid dienone is 7. The van der Waals surface area contributed by atoms with E-state index in [9.17, 15) is 0 Å². The summed E-state index contributed by atoms with van der Waals surface area (Å²) in [5, 5.41) is 2.25. The van der Waals surface area contributed by atoms with Gasteiger partial charge in [0.05, 0.1) is 16.8 Å². The highest BCUT2D eigenvalue weighted by atomic mass is 16.3. The van der Waals surface area contributed by atoms with Crippen LogP contribution in [-0.4, -0.2) is 0 Å². The van der Waals surface area contributed by atoms with Crippen molar-refractivity contribution >= 4 is 56.6 Å². The van der Waals surface area contributed by atoms with Crippen LogP contribution in [0.3, 0.4) is 0 Å². The van der Waals surface area contributed by atoms with E-state index < -0.39 is 5.41 Å². The number of aryl methyl sites for hydroxylation is 1. The molecule has 0 aliphatic heterocycles. The summed E-state index contributed by atoms with van der Waals surface area (Å²) >= 11 is 0. The number of benzene rings is 7. The summed E-state index contributed by atoms with van der Waals surface area (Å²) < 4.78 is 6.52. The molecule has 1 aromatic heterocycles. The van der Waals surface area contributed by atoms with Crippen LogP contribution < -0.4 is 4.90 Å². The molecule has 7 aromatic carbocycles. The molecule has 2 heteroatoms. The van der Waals surface area contributed by atoms with Gasteiger partial charge in [-0.15, -0.1) is 0 Å². The minimum atomic E-state index is -0.634. The van der Waals surface area contributed by atoms with Gasteiger partial charge in [-0.05, 0) is 111 Å². The normalized spacial score (nSPS) is 17.2. The van der Waals surface area contributed by atoms with Crippen LogP contribution in [0.25, 0.3) is 67.5 Å². The van der Waals surface area contributed by atoms with Crippen LogP contribution in [-0.2, 0) is 0 Å². The van der Waals surface area contributed by atoms with Gasteiger partial charge in [-0.2, -0.15) is 0 Å². The molecule has 0 amide bonds. The van der Waals surface area contributed by atoms with Crippen molar-refractivity contribution < 1.29 is 4.42 Å². The highest BCUT2D eigenvalue weighted by Crippen LogP contribution is 2.64. The van der Waals surface area contributed by atoms with Crippen LogP contribution in [0.1, 0.15) is 27.8 Å². The van der Waals surface area contributed by atoms with Gasteiger partial charge >= 0.3 is 0 Å². The third-order valence-electron chi connectivity index (χ3n) is 12.6. The van der Waals surface area contributed by atoms with Crippen molar-refractivity contribution in [2.24, 2.45) is 5.41 Å². The summed E-state index contributed by atoms with van der Waals surface area (Å²) in [6.45, 7) is 2.25. The van der Waals surface area contributed by atoms with Crippen molar-refractivity contribution in [2.45, 2.75) is 6.92 Å². The fourth-order valence-corrected chi connectivity index (χ4v) is 10.1. The summed E-state index contributed by atoms with van der Waals surface area (Å²) in [4.78, 5) is 2.58. The number of furan rings is 1. The Morgan fingerprint density at radius 2 is 1.09 bits per heavy atom. The average Bonchev–Trinajstić information content (AvgIpc) is 3.98. The number of nitrogens with zero attached hydrogens (tertiary/aromatic N) is 1. The Hall–Kier alpha value is -7.42. The van der Waals surface area contributed by atoms with Crippen LogP contribution >= 0.6 is 0 Å². The van der Waals surface area contributed by atoms with Crippen molar-refractivity contribution in [2.75, 3.05) is 4.90 Å². The first-order chi connectivity index (χ1) is 28.7. The van der Waals surface area contributed by atoms with Gasteiger partial charge in [0.2, 0.25) is 0 Å². The van der Waals surface area contributed by atoms with Crippen LogP contribution in [0, 0.1) is 12.3 Å². The number of para-hydroxylation sites is 2. The minimum Gasteiger partial charge on any atom is -0.456 e. The third-order valence-corrected chi connectivity index (χ3v) is 12.6. The Labute approximate surface area is 338 Å². The van der Waals surface area contributed by atoms with Crippen molar-refractivity contribution in [1.29, 1.82) is 0 Å². The Bertz CT molecular complexity index is 3210. The molecule has 272 valence electrons. The average molecular weight is 740 g/mol. The molecule has 1 spiro atoms. The van der Waals surface area contributed by atoms with E-state index in [0.29, 0.717) is 0 Å². The highest BCUT2D eigenvalue weighted by molar-refractivity contribution is 6.15. The fourth-order valence-electron chi connectivity index (χ4n) is 10.1. The summed E-state index contributed by atoms with van der Waals surface area (Å²) in [6.07, 6.45) is 16.7. The summed E-state index contributed by atoms with van der Waals surface area (Å²) in [6, 6.07) is 59.1. The number of fused-ring (bicyclic) bond motifs is 11. The summed E-state index contributed by atoms with van der Waals surface area (Å²) in [7, 11) is 0. The Morgan fingerprint density at radius 1 is 0.483 bits per heavy atom. The number of anilines is 2. The van der Waals surface area contributed by atoms with E-state index in [1.165, 1.54) is 66.9 Å². The van der Waals surface area contributed by atoms with Gasteiger partial charge in [0.1, 0.15) is 11.2 Å².